The second kappa shape index (κ2) is 7.91. The summed E-state index contributed by atoms with van der Waals surface area (Å²) in [5, 5.41) is 11.4. The number of ether oxygens (including phenoxy) is 1. The molecule has 0 fully saturated rings. The van der Waals surface area contributed by atoms with Crippen LogP contribution in [0, 0.1) is 0 Å². The zero-order valence-corrected chi connectivity index (χ0v) is 13.4. The monoisotopic (exact) mass is 308 g/mol. The second-order valence-corrected chi connectivity index (χ2v) is 6.14. The number of hydroxylamine groups is 1. The molecule has 0 aromatic heterocycles. The van der Waals surface area contributed by atoms with Crippen molar-refractivity contribution in [2.24, 2.45) is 0 Å². The van der Waals surface area contributed by atoms with Crippen LogP contribution in [-0.4, -0.2) is 34.8 Å². The molecule has 1 aromatic carbocycles. The molecule has 6 nitrogen and oxygen atoms in total. The van der Waals surface area contributed by atoms with E-state index in [0.29, 0.717) is 6.42 Å². The van der Waals surface area contributed by atoms with E-state index < -0.39 is 29.6 Å². The van der Waals surface area contributed by atoms with Gasteiger partial charge in [-0.05, 0) is 33.3 Å². The Hall–Kier alpha value is -1.92. The number of hydrogen-bond acceptors (Lipinski definition) is 5. The van der Waals surface area contributed by atoms with E-state index in [1.807, 2.05) is 35.8 Å². The first-order chi connectivity index (χ1) is 10.2. The zero-order chi connectivity index (χ0) is 16.8. The maximum Gasteiger partial charge on any atom is 0.329 e. The Kier molecular flexibility index (Phi) is 6.52. The average molecular weight is 308 g/mol. The molecule has 3 N–H and O–H groups in total. The fourth-order valence-corrected chi connectivity index (χ4v) is 1.77. The minimum Gasteiger partial charge on any atom is -0.458 e. The predicted molar refractivity (Wildman–Crippen MR) is 82.3 cm³/mol. The first-order valence-corrected chi connectivity index (χ1v) is 7.19. The quantitative estimate of drug-likeness (QED) is 0.546. The maximum absolute atomic E-state index is 12.3. The highest BCUT2D eigenvalue weighted by Crippen LogP contribution is 2.11. The highest BCUT2D eigenvalue weighted by molar-refractivity contribution is 5.87. The molecule has 1 aromatic rings. The van der Waals surface area contributed by atoms with Crippen LogP contribution in [0.2, 0.25) is 0 Å². The van der Waals surface area contributed by atoms with Crippen molar-refractivity contribution in [3.05, 3.63) is 35.9 Å². The van der Waals surface area contributed by atoms with Gasteiger partial charge in [-0.3, -0.25) is 4.79 Å². The molecule has 6 heteroatoms. The van der Waals surface area contributed by atoms with Crippen molar-refractivity contribution in [3.63, 3.8) is 0 Å². The van der Waals surface area contributed by atoms with Crippen LogP contribution < -0.4 is 10.8 Å². The van der Waals surface area contributed by atoms with E-state index in [1.165, 1.54) is 6.92 Å². The first kappa shape index (κ1) is 18.1. The van der Waals surface area contributed by atoms with Gasteiger partial charge in [0.15, 0.2) is 0 Å². The Morgan fingerprint density at radius 1 is 1.23 bits per heavy atom. The third-order valence-electron chi connectivity index (χ3n) is 2.88. The number of hydrogen-bond donors (Lipinski definition) is 3. The molecule has 1 rings (SSSR count). The largest absolute Gasteiger partial charge is 0.458 e. The van der Waals surface area contributed by atoms with Gasteiger partial charge in [0.2, 0.25) is 5.91 Å². The molecule has 0 saturated carbocycles. The number of amides is 1. The van der Waals surface area contributed by atoms with Crippen molar-refractivity contribution < 1.29 is 19.5 Å². The fraction of sp³-hybridized carbons (Fsp3) is 0.500. The van der Waals surface area contributed by atoms with Crippen LogP contribution in [0.1, 0.15) is 33.3 Å². The molecule has 0 saturated heterocycles. The molecule has 0 aliphatic carbocycles. The van der Waals surface area contributed by atoms with Crippen LogP contribution in [-0.2, 0) is 20.7 Å². The zero-order valence-electron chi connectivity index (χ0n) is 13.4. The molecule has 0 unspecified atom stereocenters. The number of rotatable bonds is 6. The van der Waals surface area contributed by atoms with Gasteiger partial charge in [-0.15, -0.1) is 0 Å². The van der Waals surface area contributed by atoms with Crippen molar-refractivity contribution in [2.75, 3.05) is 0 Å². The number of carbonyl (C=O) groups excluding carboxylic acids is 2. The third-order valence-corrected chi connectivity index (χ3v) is 2.88. The van der Waals surface area contributed by atoms with Gasteiger partial charge in [0, 0.05) is 6.42 Å². The molecule has 0 aliphatic heterocycles. The third kappa shape index (κ3) is 6.24. The van der Waals surface area contributed by atoms with Gasteiger partial charge in [-0.1, -0.05) is 30.3 Å². The lowest BCUT2D eigenvalue weighted by Crippen LogP contribution is -2.50. The van der Waals surface area contributed by atoms with Gasteiger partial charge in [0.25, 0.3) is 0 Å². The minimum absolute atomic E-state index is 0.319. The average Bonchev–Trinajstić information content (AvgIpc) is 2.44. The lowest BCUT2D eigenvalue weighted by Gasteiger charge is -2.25. The van der Waals surface area contributed by atoms with Crippen LogP contribution in [0.25, 0.3) is 0 Å². The molecular formula is C16H24N2O4. The highest BCUT2D eigenvalue weighted by atomic mass is 16.6. The Balaban J connectivity index is 2.85. The maximum atomic E-state index is 12.3. The second-order valence-electron chi connectivity index (χ2n) is 6.14. The summed E-state index contributed by atoms with van der Waals surface area (Å²) in [5.41, 5.74) is 2.12. The standard InChI is InChI=1S/C16H24N2O4/c1-11(18-21)14(19)17-13(15(20)22-16(2,3)4)10-12-8-6-5-7-9-12/h5-9,11,13,18,21H,10H2,1-4H3,(H,17,19)/t11-,13-/m0/s1. The van der Waals surface area contributed by atoms with Gasteiger partial charge in [-0.2, -0.15) is 5.48 Å². The Bertz CT molecular complexity index is 497. The van der Waals surface area contributed by atoms with Crippen molar-refractivity contribution in [1.82, 2.24) is 10.8 Å². The fourth-order valence-electron chi connectivity index (χ4n) is 1.77. The number of carbonyl (C=O) groups is 2. The summed E-state index contributed by atoms with van der Waals surface area (Å²) < 4.78 is 5.35. The van der Waals surface area contributed by atoms with Crippen LogP contribution >= 0.6 is 0 Å². The highest BCUT2D eigenvalue weighted by Gasteiger charge is 2.28. The van der Waals surface area contributed by atoms with Crippen LogP contribution in [0.4, 0.5) is 0 Å². The van der Waals surface area contributed by atoms with Gasteiger partial charge in [-0.25, -0.2) is 4.79 Å². The topological polar surface area (TPSA) is 87.7 Å². The van der Waals surface area contributed by atoms with E-state index in [2.05, 4.69) is 5.32 Å². The Morgan fingerprint density at radius 3 is 2.32 bits per heavy atom. The van der Waals surface area contributed by atoms with Gasteiger partial charge >= 0.3 is 5.97 Å². The number of benzene rings is 1. The van der Waals surface area contributed by atoms with Crippen molar-refractivity contribution in [1.29, 1.82) is 0 Å². The lowest BCUT2D eigenvalue weighted by atomic mass is 10.1. The van der Waals surface area contributed by atoms with Gasteiger partial charge in [0.1, 0.15) is 17.7 Å². The van der Waals surface area contributed by atoms with Crippen LogP contribution in [0.3, 0.4) is 0 Å². The predicted octanol–water partition coefficient (Wildman–Crippen LogP) is 1.42. The number of esters is 1. The van der Waals surface area contributed by atoms with Gasteiger partial charge < -0.3 is 15.3 Å². The van der Waals surface area contributed by atoms with Crippen LogP contribution in [0.15, 0.2) is 30.3 Å². The van der Waals surface area contributed by atoms with E-state index in [4.69, 9.17) is 9.94 Å². The van der Waals surface area contributed by atoms with E-state index in [0.717, 1.165) is 5.56 Å². The summed E-state index contributed by atoms with van der Waals surface area (Å²) in [6, 6.07) is 7.71. The van der Waals surface area contributed by atoms with Crippen molar-refractivity contribution >= 4 is 11.9 Å². The van der Waals surface area contributed by atoms with E-state index in [9.17, 15) is 9.59 Å². The van der Waals surface area contributed by atoms with Crippen molar-refractivity contribution in [2.45, 2.75) is 51.8 Å². The summed E-state index contributed by atoms with van der Waals surface area (Å²) in [5.74, 6) is -0.982. The summed E-state index contributed by atoms with van der Waals surface area (Å²) >= 11 is 0. The summed E-state index contributed by atoms with van der Waals surface area (Å²) in [7, 11) is 0. The molecule has 0 heterocycles. The van der Waals surface area contributed by atoms with E-state index >= 15 is 0 Å². The molecule has 0 bridgehead atoms. The summed E-state index contributed by atoms with van der Waals surface area (Å²) in [4.78, 5) is 24.2. The normalized spacial score (nSPS) is 14.0. The molecule has 122 valence electrons. The van der Waals surface area contributed by atoms with Crippen molar-refractivity contribution in [3.8, 4) is 0 Å². The molecule has 22 heavy (non-hydrogen) atoms. The smallest absolute Gasteiger partial charge is 0.329 e. The Labute approximate surface area is 130 Å². The van der Waals surface area contributed by atoms with E-state index in [1.54, 1.807) is 20.8 Å². The van der Waals surface area contributed by atoms with Crippen LogP contribution in [0.5, 0.6) is 0 Å². The molecule has 0 aliphatic rings. The number of nitrogens with one attached hydrogen (secondary N) is 2. The Morgan fingerprint density at radius 2 is 1.82 bits per heavy atom. The van der Waals surface area contributed by atoms with E-state index in [-0.39, 0.29) is 0 Å². The SMILES string of the molecule is C[C@H](NO)C(=O)N[C@@H](Cc1ccccc1)C(=O)OC(C)(C)C. The molecule has 0 spiro atoms. The minimum atomic E-state index is -0.819. The first-order valence-electron chi connectivity index (χ1n) is 7.19. The van der Waals surface area contributed by atoms with Gasteiger partial charge in [0.05, 0.1) is 0 Å². The lowest BCUT2D eigenvalue weighted by molar-refractivity contribution is -0.158. The molecular weight excluding hydrogens is 284 g/mol. The molecule has 1 amide bonds. The molecule has 2 atom stereocenters. The molecule has 0 radical (unpaired) electrons. The summed E-state index contributed by atoms with van der Waals surface area (Å²) in [6.45, 7) is 6.79. The summed E-state index contributed by atoms with van der Waals surface area (Å²) in [6.07, 6.45) is 0.319.